The fourth-order valence-electron chi connectivity index (χ4n) is 1.11. The van der Waals surface area contributed by atoms with E-state index in [9.17, 15) is 4.79 Å². The van der Waals surface area contributed by atoms with Crippen molar-refractivity contribution in [2.75, 3.05) is 12.3 Å². The lowest BCUT2D eigenvalue weighted by atomic mass is 10.1. The van der Waals surface area contributed by atoms with Crippen molar-refractivity contribution in [3.8, 4) is 0 Å². The van der Waals surface area contributed by atoms with E-state index in [1.165, 1.54) is 0 Å². The molecule has 0 radical (unpaired) electrons. The van der Waals surface area contributed by atoms with Crippen LogP contribution in [0.15, 0.2) is 12.7 Å². The van der Waals surface area contributed by atoms with Gasteiger partial charge in [0.25, 0.3) is 0 Å². The fraction of sp³-hybridized carbons (Fsp3) is 0.700. The SMILES string of the molecule is C=CCN(C(=O)CCS)C(C)(C)C. The second-order valence-electron chi connectivity index (χ2n) is 3.94. The number of amides is 1. The first kappa shape index (κ1) is 12.6. The molecule has 0 spiro atoms. The van der Waals surface area contributed by atoms with Gasteiger partial charge in [0.1, 0.15) is 0 Å². The number of rotatable bonds is 4. The van der Waals surface area contributed by atoms with Crippen LogP contribution in [0.3, 0.4) is 0 Å². The Bertz CT molecular complexity index is 184. The summed E-state index contributed by atoms with van der Waals surface area (Å²) >= 11 is 4.05. The molecular weight excluding hydrogens is 182 g/mol. The van der Waals surface area contributed by atoms with Gasteiger partial charge in [0, 0.05) is 18.5 Å². The van der Waals surface area contributed by atoms with Crippen LogP contribution in [0, 0.1) is 0 Å². The van der Waals surface area contributed by atoms with Gasteiger partial charge in [-0.3, -0.25) is 4.79 Å². The van der Waals surface area contributed by atoms with Crippen molar-refractivity contribution in [3.05, 3.63) is 12.7 Å². The Kier molecular flexibility index (Phi) is 5.14. The van der Waals surface area contributed by atoms with Gasteiger partial charge in [-0.1, -0.05) is 6.08 Å². The smallest absolute Gasteiger partial charge is 0.224 e. The predicted molar refractivity (Wildman–Crippen MR) is 60.1 cm³/mol. The lowest BCUT2D eigenvalue weighted by Crippen LogP contribution is -2.45. The number of carbonyl (C=O) groups excluding carboxylic acids is 1. The number of thiol groups is 1. The molecule has 0 fully saturated rings. The molecule has 0 aromatic heterocycles. The molecule has 0 saturated carbocycles. The molecule has 0 heterocycles. The third kappa shape index (κ3) is 4.36. The highest BCUT2D eigenvalue weighted by Gasteiger charge is 2.24. The first-order valence-electron chi connectivity index (χ1n) is 4.45. The van der Waals surface area contributed by atoms with E-state index in [0.717, 1.165) is 0 Å². The van der Waals surface area contributed by atoms with E-state index in [1.54, 1.807) is 6.08 Å². The van der Waals surface area contributed by atoms with E-state index in [1.807, 2.05) is 25.7 Å². The molecule has 0 aromatic carbocycles. The molecule has 0 aliphatic carbocycles. The normalized spacial score (nSPS) is 11.1. The van der Waals surface area contributed by atoms with E-state index in [4.69, 9.17) is 0 Å². The zero-order valence-electron chi connectivity index (χ0n) is 8.71. The summed E-state index contributed by atoms with van der Waals surface area (Å²) in [6.07, 6.45) is 2.25. The Morgan fingerprint density at radius 2 is 2.08 bits per heavy atom. The summed E-state index contributed by atoms with van der Waals surface area (Å²) in [7, 11) is 0. The molecule has 1 amide bonds. The maximum absolute atomic E-state index is 11.6. The Morgan fingerprint density at radius 3 is 2.38 bits per heavy atom. The first-order valence-corrected chi connectivity index (χ1v) is 5.09. The van der Waals surface area contributed by atoms with E-state index in [-0.39, 0.29) is 11.4 Å². The van der Waals surface area contributed by atoms with Crippen LogP contribution in [0.1, 0.15) is 27.2 Å². The minimum atomic E-state index is -0.131. The van der Waals surface area contributed by atoms with Crippen LogP contribution in [0.4, 0.5) is 0 Å². The highest BCUT2D eigenvalue weighted by molar-refractivity contribution is 7.80. The molecule has 2 nitrogen and oxygen atoms in total. The largest absolute Gasteiger partial charge is 0.334 e. The highest BCUT2D eigenvalue weighted by Crippen LogP contribution is 2.14. The number of carbonyl (C=O) groups is 1. The van der Waals surface area contributed by atoms with Gasteiger partial charge in [0.05, 0.1) is 0 Å². The third-order valence-corrected chi connectivity index (χ3v) is 1.97. The molecule has 0 aliphatic heterocycles. The summed E-state index contributed by atoms with van der Waals surface area (Å²) in [5.41, 5.74) is -0.131. The zero-order valence-corrected chi connectivity index (χ0v) is 9.60. The Balaban J connectivity index is 4.41. The van der Waals surface area contributed by atoms with E-state index in [0.29, 0.717) is 18.7 Å². The minimum Gasteiger partial charge on any atom is -0.334 e. The molecule has 0 rings (SSSR count). The summed E-state index contributed by atoms with van der Waals surface area (Å²) in [5, 5.41) is 0. The number of nitrogens with zero attached hydrogens (tertiary/aromatic N) is 1. The monoisotopic (exact) mass is 201 g/mol. The molecule has 0 aliphatic rings. The van der Waals surface area contributed by atoms with Crippen molar-refractivity contribution in [1.82, 2.24) is 4.90 Å². The van der Waals surface area contributed by atoms with Crippen LogP contribution in [0.2, 0.25) is 0 Å². The Morgan fingerprint density at radius 1 is 1.54 bits per heavy atom. The van der Waals surface area contributed by atoms with Crippen LogP contribution in [-0.4, -0.2) is 28.6 Å². The summed E-state index contributed by atoms with van der Waals surface area (Å²) in [6.45, 7) is 10.3. The molecule has 13 heavy (non-hydrogen) atoms. The molecule has 0 saturated heterocycles. The molecular formula is C10H19NOS. The molecule has 0 N–H and O–H groups in total. The van der Waals surface area contributed by atoms with Crippen LogP contribution in [-0.2, 0) is 4.79 Å². The first-order chi connectivity index (χ1) is 5.93. The molecule has 0 atom stereocenters. The fourth-order valence-corrected chi connectivity index (χ4v) is 1.30. The zero-order chi connectivity index (χ0) is 10.5. The predicted octanol–water partition coefficient (Wildman–Crippen LogP) is 2.12. The van der Waals surface area contributed by atoms with E-state index < -0.39 is 0 Å². The molecule has 0 bridgehead atoms. The second-order valence-corrected chi connectivity index (χ2v) is 4.38. The van der Waals surface area contributed by atoms with Crippen molar-refractivity contribution >= 4 is 18.5 Å². The van der Waals surface area contributed by atoms with Gasteiger partial charge in [0.15, 0.2) is 0 Å². The third-order valence-electron chi connectivity index (χ3n) is 1.75. The van der Waals surface area contributed by atoms with Gasteiger partial charge >= 0.3 is 0 Å². The van der Waals surface area contributed by atoms with Gasteiger partial charge < -0.3 is 4.90 Å². The average molecular weight is 201 g/mol. The van der Waals surface area contributed by atoms with Crippen molar-refractivity contribution in [2.45, 2.75) is 32.7 Å². The van der Waals surface area contributed by atoms with Crippen molar-refractivity contribution in [2.24, 2.45) is 0 Å². The summed E-state index contributed by atoms with van der Waals surface area (Å²) in [5.74, 6) is 0.741. The maximum Gasteiger partial charge on any atom is 0.224 e. The highest BCUT2D eigenvalue weighted by atomic mass is 32.1. The van der Waals surface area contributed by atoms with Gasteiger partial charge in [-0.15, -0.1) is 6.58 Å². The molecule has 3 heteroatoms. The Labute approximate surface area is 86.4 Å². The lowest BCUT2D eigenvalue weighted by Gasteiger charge is -2.35. The standard InChI is InChI=1S/C10H19NOS/c1-5-7-11(10(2,3)4)9(12)6-8-13/h5,13H,1,6-8H2,2-4H3. The van der Waals surface area contributed by atoms with E-state index in [2.05, 4.69) is 19.2 Å². The van der Waals surface area contributed by atoms with Crippen molar-refractivity contribution in [1.29, 1.82) is 0 Å². The van der Waals surface area contributed by atoms with Crippen molar-refractivity contribution < 1.29 is 4.79 Å². The summed E-state index contributed by atoms with van der Waals surface area (Å²) in [6, 6.07) is 0. The maximum atomic E-state index is 11.6. The summed E-state index contributed by atoms with van der Waals surface area (Å²) < 4.78 is 0. The van der Waals surface area contributed by atoms with Gasteiger partial charge in [0.2, 0.25) is 5.91 Å². The summed E-state index contributed by atoms with van der Waals surface area (Å²) in [4.78, 5) is 13.4. The van der Waals surface area contributed by atoms with Gasteiger partial charge in [-0.25, -0.2) is 0 Å². The number of hydrogen-bond donors (Lipinski definition) is 1. The van der Waals surface area contributed by atoms with Gasteiger partial charge in [-0.2, -0.15) is 12.6 Å². The number of hydrogen-bond acceptors (Lipinski definition) is 2. The molecule has 0 unspecified atom stereocenters. The quantitative estimate of drug-likeness (QED) is 0.545. The molecule has 0 aromatic rings. The van der Waals surface area contributed by atoms with Crippen LogP contribution < -0.4 is 0 Å². The lowest BCUT2D eigenvalue weighted by molar-refractivity contribution is -0.134. The average Bonchev–Trinajstić information content (AvgIpc) is 1.98. The minimum absolute atomic E-state index is 0.131. The van der Waals surface area contributed by atoms with Crippen LogP contribution >= 0.6 is 12.6 Å². The Hall–Kier alpha value is -0.440. The van der Waals surface area contributed by atoms with Gasteiger partial charge in [-0.05, 0) is 26.5 Å². The molecule has 76 valence electrons. The van der Waals surface area contributed by atoms with Crippen molar-refractivity contribution in [3.63, 3.8) is 0 Å². The second kappa shape index (κ2) is 5.32. The van der Waals surface area contributed by atoms with Crippen LogP contribution in [0.5, 0.6) is 0 Å². The van der Waals surface area contributed by atoms with Crippen LogP contribution in [0.25, 0.3) is 0 Å². The topological polar surface area (TPSA) is 20.3 Å². The van der Waals surface area contributed by atoms with E-state index >= 15 is 0 Å².